The van der Waals surface area contributed by atoms with Crippen molar-refractivity contribution < 1.29 is 9.53 Å². The summed E-state index contributed by atoms with van der Waals surface area (Å²) in [4.78, 5) is 18.4. The maximum absolute atomic E-state index is 11.5. The van der Waals surface area contributed by atoms with Gasteiger partial charge in [-0.3, -0.25) is 9.79 Å². The number of nitrogens with one attached hydrogen (secondary N) is 3. The van der Waals surface area contributed by atoms with Gasteiger partial charge in [0.05, 0.1) is 0 Å². The number of benzene rings is 1. The molecular formula is C22H37N5O2. The molecule has 0 bridgehead atoms. The minimum Gasteiger partial charge on any atom is -0.484 e. The predicted octanol–water partition coefficient (Wildman–Crippen LogP) is 1.99. The first-order valence-corrected chi connectivity index (χ1v) is 10.8. The van der Waals surface area contributed by atoms with E-state index in [0.29, 0.717) is 18.8 Å². The Morgan fingerprint density at radius 1 is 1.24 bits per heavy atom. The second kappa shape index (κ2) is 13.0. The number of guanidine groups is 1. The number of ether oxygens (including phenoxy) is 1. The molecule has 29 heavy (non-hydrogen) atoms. The van der Waals surface area contributed by atoms with Crippen LogP contribution in [0.1, 0.15) is 38.7 Å². The number of likely N-dealkylation sites (tertiary alicyclic amines) is 1. The Hall–Kier alpha value is -2.28. The molecule has 0 spiro atoms. The van der Waals surface area contributed by atoms with Crippen LogP contribution in [0.4, 0.5) is 0 Å². The number of likely N-dealkylation sites (N-methyl/N-ethyl adjacent to an activating group) is 1. The second-order valence-electron chi connectivity index (χ2n) is 7.62. The highest BCUT2D eigenvalue weighted by Crippen LogP contribution is 2.15. The van der Waals surface area contributed by atoms with Gasteiger partial charge >= 0.3 is 0 Å². The third-order valence-corrected chi connectivity index (χ3v) is 5.15. The van der Waals surface area contributed by atoms with Crippen LogP contribution in [0.5, 0.6) is 5.75 Å². The molecule has 1 heterocycles. The largest absolute Gasteiger partial charge is 0.484 e. The van der Waals surface area contributed by atoms with Crippen LogP contribution in [0.25, 0.3) is 0 Å². The van der Waals surface area contributed by atoms with Gasteiger partial charge in [-0.2, -0.15) is 0 Å². The first-order valence-electron chi connectivity index (χ1n) is 10.8. The molecule has 1 aromatic rings. The molecule has 2 rings (SSSR count). The van der Waals surface area contributed by atoms with Crippen molar-refractivity contribution in [2.45, 2.75) is 39.7 Å². The summed E-state index contributed by atoms with van der Waals surface area (Å²) >= 11 is 0. The molecule has 7 heteroatoms. The normalized spacial score (nSPS) is 15.8. The minimum atomic E-state index is -0.111. The zero-order valence-corrected chi connectivity index (χ0v) is 18.2. The molecule has 0 unspecified atom stereocenters. The number of rotatable bonds is 10. The molecular weight excluding hydrogens is 366 g/mol. The highest BCUT2D eigenvalue weighted by molar-refractivity contribution is 5.79. The lowest BCUT2D eigenvalue weighted by Gasteiger charge is -2.30. The molecule has 1 aromatic carbocycles. The molecule has 0 atom stereocenters. The van der Waals surface area contributed by atoms with Gasteiger partial charge in [0.15, 0.2) is 12.6 Å². The molecule has 1 aliphatic rings. The van der Waals surface area contributed by atoms with Crippen LogP contribution in [0.15, 0.2) is 29.3 Å². The first-order chi connectivity index (χ1) is 14.1. The van der Waals surface area contributed by atoms with Crippen LogP contribution in [0.2, 0.25) is 0 Å². The van der Waals surface area contributed by atoms with E-state index in [1.807, 2.05) is 31.2 Å². The summed E-state index contributed by atoms with van der Waals surface area (Å²) in [6.45, 7) is 10.0. The van der Waals surface area contributed by atoms with E-state index in [2.05, 4.69) is 32.8 Å². The summed E-state index contributed by atoms with van der Waals surface area (Å²) < 4.78 is 5.55. The first kappa shape index (κ1) is 23.0. The van der Waals surface area contributed by atoms with E-state index in [0.717, 1.165) is 37.0 Å². The summed E-state index contributed by atoms with van der Waals surface area (Å²) in [5, 5.41) is 9.44. The number of piperidine rings is 1. The van der Waals surface area contributed by atoms with E-state index in [-0.39, 0.29) is 12.5 Å². The van der Waals surface area contributed by atoms with Crippen LogP contribution in [0.3, 0.4) is 0 Å². The molecule has 0 radical (unpaired) electrons. The second-order valence-corrected chi connectivity index (χ2v) is 7.62. The quantitative estimate of drug-likeness (QED) is 0.316. The number of carbonyl (C=O) groups is 1. The minimum absolute atomic E-state index is 0.0316. The van der Waals surface area contributed by atoms with Crippen molar-refractivity contribution in [1.29, 1.82) is 0 Å². The van der Waals surface area contributed by atoms with Crippen molar-refractivity contribution in [3.05, 3.63) is 29.8 Å². The Morgan fingerprint density at radius 2 is 2.03 bits per heavy atom. The summed E-state index contributed by atoms with van der Waals surface area (Å²) in [5.41, 5.74) is 1.07. The van der Waals surface area contributed by atoms with Crippen molar-refractivity contribution in [1.82, 2.24) is 20.9 Å². The lowest BCUT2D eigenvalue weighted by molar-refractivity contribution is -0.122. The van der Waals surface area contributed by atoms with Gasteiger partial charge in [-0.15, -0.1) is 0 Å². The van der Waals surface area contributed by atoms with Gasteiger partial charge in [-0.25, -0.2) is 0 Å². The summed E-state index contributed by atoms with van der Waals surface area (Å²) in [6, 6.07) is 7.75. The monoisotopic (exact) mass is 403 g/mol. The fraction of sp³-hybridized carbons (Fsp3) is 0.636. The molecule has 1 amide bonds. The number of amides is 1. The highest BCUT2D eigenvalue weighted by atomic mass is 16.5. The van der Waals surface area contributed by atoms with Gasteiger partial charge in [-0.05, 0) is 69.4 Å². The molecule has 0 saturated carbocycles. The van der Waals surface area contributed by atoms with Gasteiger partial charge in [0.2, 0.25) is 0 Å². The van der Waals surface area contributed by atoms with Gasteiger partial charge in [-0.1, -0.05) is 19.1 Å². The van der Waals surface area contributed by atoms with Crippen LogP contribution < -0.4 is 20.7 Å². The standard InChI is InChI=1S/C22H37N5O2/c1-4-24-21(28)17-29-20-8-5-7-19(15-20)16-26-22(23-3)25-11-6-12-27-13-9-18(2)10-14-27/h5,7-8,15,18H,4,6,9-14,16-17H2,1-3H3,(H,24,28)(H2,23,25,26). The summed E-state index contributed by atoms with van der Waals surface area (Å²) in [6.07, 6.45) is 3.75. The van der Waals surface area contributed by atoms with Gasteiger partial charge in [0, 0.05) is 26.7 Å². The van der Waals surface area contributed by atoms with Crippen LogP contribution in [0, 0.1) is 5.92 Å². The van der Waals surface area contributed by atoms with Gasteiger partial charge < -0.3 is 25.6 Å². The van der Waals surface area contributed by atoms with E-state index in [1.54, 1.807) is 7.05 Å². The average molecular weight is 404 g/mol. The number of hydrogen-bond acceptors (Lipinski definition) is 4. The van der Waals surface area contributed by atoms with Crippen molar-refractivity contribution >= 4 is 11.9 Å². The molecule has 162 valence electrons. The molecule has 7 nitrogen and oxygen atoms in total. The molecule has 0 aliphatic carbocycles. The lowest BCUT2D eigenvalue weighted by Crippen LogP contribution is -2.39. The zero-order valence-electron chi connectivity index (χ0n) is 18.2. The van der Waals surface area contributed by atoms with Gasteiger partial charge in [0.1, 0.15) is 5.75 Å². The van der Waals surface area contributed by atoms with Crippen molar-refractivity contribution in [3.8, 4) is 5.75 Å². The van der Waals surface area contributed by atoms with Crippen molar-refractivity contribution in [3.63, 3.8) is 0 Å². The third-order valence-electron chi connectivity index (χ3n) is 5.15. The SMILES string of the molecule is CCNC(=O)COc1cccc(CNC(=NC)NCCCN2CCC(C)CC2)c1. The number of hydrogen-bond donors (Lipinski definition) is 3. The molecule has 1 saturated heterocycles. The van der Waals surface area contributed by atoms with Crippen LogP contribution in [-0.4, -0.2) is 63.1 Å². The topological polar surface area (TPSA) is 78.0 Å². The maximum atomic E-state index is 11.5. The Kier molecular flexibility index (Phi) is 10.3. The smallest absolute Gasteiger partial charge is 0.257 e. The zero-order chi connectivity index (χ0) is 20.9. The van der Waals surface area contributed by atoms with Crippen molar-refractivity contribution in [2.24, 2.45) is 10.9 Å². The number of carbonyl (C=O) groups excluding carboxylic acids is 1. The van der Waals surface area contributed by atoms with E-state index in [9.17, 15) is 4.79 Å². The number of nitrogens with zero attached hydrogens (tertiary/aromatic N) is 2. The third kappa shape index (κ3) is 9.17. The van der Waals surface area contributed by atoms with Gasteiger partial charge in [0.25, 0.3) is 5.91 Å². The Balaban J connectivity index is 1.66. The fourth-order valence-electron chi connectivity index (χ4n) is 3.34. The van der Waals surface area contributed by atoms with Crippen molar-refractivity contribution in [2.75, 3.05) is 46.4 Å². The average Bonchev–Trinajstić information content (AvgIpc) is 2.73. The van der Waals surface area contributed by atoms with E-state index in [4.69, 9.17) is 4.74 Å². The number of aliphatic imine (C=N–C) groups is 1. The molecule has 0 aromatic heterocycles. The van der Waals surface area contributed by atoms with E-state index >= 15 is 0 Å². The van der Waals surface area contributed by atoms with Crippen LogP contribution in [-0.2, 0) is 11.3 Å². The molecule has 1 aliphatic heterocycles. The fourth-order valence-corrected chi connectivity index (χ4v) is 3.34. The summed E-state index contributed by atoms with van der Waals surface area (Å²) in [5.74, 6) is 2.25. The maximum Gasteiger partial charge on any atom is 0.257 e. The predicted molar refractivity (Wildman–Crippen MR) is 118 cm³/mol. The van der Waals surface area contributed by atoms with E-state index < -0.39 is 0 Å². The molecule has 1 fully saturated rings. The highest BCUT2D eigenvalue weighted by Gasteiger charge is 2.14. The Morgan fingerprint density at radius 3 is 2.76 bits per heavy atom. The lowest BCUT2D eigenvalue weighted by atomic mass is 9.99. The Bertz CT molecular complexity index is 642. The Labute approximate surface area is 175 Å². The molecule has 3 N–H and O–H groups in total. The summed E-state index contributed by atoms with van der Waals surface area (Å²) in [7, 11) is 1.78. The van der Waals surface area contributed by atoms with Crippen LogP contribution >= 0.6 is 0 Å². The van der Waals surface area contributed by atoms with E-state index in [1.165, 1.54) is 25.9 Å².